The zero-order valence-electron chi connectivity index (χ0n) is 26.0. The molecule has 1 spiro atoms. The second-order valence-electron chi connectivity index (χ2n) is 13.2. The average molecular weight is 632 g/mol. The monoisotopic (exact) mass is 631 g/mol. The standard InChI is InChI=1S/C34H36F3N7O2/c1-22-24(4-6-30-27(22)12-25(14-38)44(30)17-26-16-41(2)31(45)18-46-26)15-42-9-7-33(8-10-42)19-43(20-33)32-28-11-23(13-34(35,36)37)3-5-29(28)39-21-40-32/h3-6,11-12,21,26H,7-10,13,15-20H2,1-2H3. The summed E-state index contributed by atoms with van der Waals surface area (Å²) in [5.74, 6) is 0.680. The average Bonchev–Trinajstić information content (AvgIpc) is 3.36. The van der Waals surface area contributed by atoms with Gasteiger partial charge >= 0.3 is 6.18 Å². The van der Waals surface area contributed by atoms with Crippen molar-refractivity contribution in [1.29, 1.82) is 5.26 Å². The molecule has 3 aliphatic rings. The lowest BCUT2D eigenvalue weighted by atomic mass is 9.72. The number of likely N-dealkylation sites (tertiary alicyclic amines) is 1. The van der Waals surface area contributed by atoms with Crippen LogP contribution in [-0.4, -0.2) is 88.9 Å². The molecule has 0 aliphatic carbocycles. The largest absolute Gasteiger partial charge is 0.393 e. The van der Waals surface area contributed by atoms with Gasteiger partial charge in [0.2, 0.25) is 5.91 Å². The molecule has 1 amide bonds. The van der Waals surface area contributed by atoms with Crippen LogP contribution in [0.3, 0.4) is 0 Å². The van der Waals surface area contributed by atoms with E-state index in [1.54, 1.807) is 24.1 Å². The van der Waals surface area contributed by atoms with Crippen LogP contribution >= 0.6 is 0 Å². The van der Waals surface area contributed by atoms with Gasteiger partial charge in [0.15, 0.2) is 0 Å². The first-order chi connectivity index (χ1) is 22.0. The fourth-order valence-corrected chi connectivity index (χ4v) is 7.39. The van der Waals surface area contributed by atoms with Crippen molar-refractivity contribution in [2.45, 2.75) is 51.6 Å². The van der Waals surface area contributed by atoms with E-state index in [2.05, 4.69) is 44.9 Å². The fourth-order valence-electron chi connectivity index (χ4n) is 7.39. The third-order valence-electron chi connectivity index (χ3n) is 10.1. The Kier molecular flexibility index (Phi) is 7.64. The molecule has 3 saturated heterocycles. The van der Waals surface area contributed by atoms with E-state index in [4.69, 9.17) is 4.74 Å². The Morgan fingerprint density at radius 1 is 1.09 bits per heavy atom. The summed E-state index contributed by atoms with van der Waals surface area (Å²) in [5.41, 5.74) is 5.04. The first-order valence-electron chi connectivity index (χ1n) is 15.7. The maximum atomic E-state index is 13.0. The highest BCUT2D eigenvalue weighted by Crippen LogP contribution is 2.44. The number of amides is 1. The molecule has 0 bridgehead atoms. The second-order valence-corrected chi connectivity index (χ2v) is 13.2. The summed E-state index contributed by atoms with van der Waals surface area (Å²) in [6.07, 6.45) is -1.83. The molecule has 5 heterocycles. The number of anilines is 1. The van der Waals surface area contributed by atoms with Crippen LogP contribution in [0, 0.1) is 23.7 Å². The maximum Gasteiger partial charge on any atom is 0.393 e. The highest BCUT2D eigenvalue weighted by atomic mass is 19.4. The van der Waals surface area contributed by atoms with Gasteiger partial charge in [-0.2, -0.15) is 18.4 Å². The number of hydrogen-bond donors (Lipinski definition) is 0. The predicted molar refractivity (Wildman–Crippen MR) is 167 cm³/mol. The molecule has 3 fully saturated rings. The molecule has 46 heavy (non-hydrogen) atoms. The van der Waals surface area contributed by atoms with Crippen molar-refractivity contribution in [1.82, 2.24) is 24.3 Å². The molecule has 7 rings (SSSR count). The molecule has 12 heteroatoms. The lowest BCUT2D eigenvalue weighted by Crippen LogP contribution is -2.60. The van der Waals surface area contributed by atoms with Crippen molar-refractivity contribution in [3.05, 3.63) is 65.1 Å². The van der Waals surface area contributed by atoms with Gasteiger partial charge in [-0.15, -0.1) is 0 Å². The number of aromatic nitrogens is 3. The Labute approximate surface area is 265 Å². The number of aryl methyl sites for hydroxylation is 1. The lowest BCUT2D eigenvalue weighted by molar-refractivity contribution is -0.147. The Morgan fingerprint density at radius 3 is 2.59 bits per heavy atom. The Balaban J connectivity index is 1.00. The molecule has 1 unspecified atom stereocenters. The van der Waals surface area contributed by atoms with Crippen LogP contribution in [0.4, 0.5) is 19.0 Å². The summed E-state index contributed by atoms with van der Waals surface area (Å²) >= 11 is 0. The number of halogens is 3. The number of nitrogens with zero attached hydrogens (tertiary/aromatic N) is 7. The van der Waals surface area contributed by atoms with Crippen molar-refractivity contribution >= 4 is 33.5 Å². The summed E-state index contributed by atoms with van der Waals surface area (Å²) in [4.78, 5) is 26.9. The van der Waals surface area contributed by atoms with Crippen molar-refractivity contribution in [3.63, 3.8) is 0 Å². The number of carbonyl (C=O) groups is 1. The summed E-state index contributed by atoms with van der Waals surface area (Å²) in [7, 11) is 1.77. The quantitative estimate of drug-likeness (QED) is 0.301. The van der Waals surface area contributed by atoms with Crippen LogP contribution in [0.1, 0.15) is 35.2 Å². The molecule has 2 aromatic heterocycles. The van der Waals surface area contributed by atoms with E-state index < -0.39 is 12.6 Å². The number of rotatable bonds is 6. The molecule has 3 aliphatic heterocycles. The topological polar surface area (TPSA) is 90.5 Å². The number of carbonyl (C=O) groups excluding carboxylic acids is 1. The number of benzene rings is 2. The van der Waals surface area contributed by atoms with Crippen molar-refractivity contribution in [2.24, 2.45) is 5.41 Å². The van der Waals surface area contributed by atoms with Gasteiger partial charge in [-0.05, 0) is 73.8 Å². The molecule has 1 atom stereocenters. The van der Waals surface area contributed by atoms with Gasteiger partial charge in [0.1, 0.15) is 30.5 Å². The lowest BCUT2D eigenvalue weighted by Gasteiger charge is -2.54. The van der Waals surface area contributed by atoms with Gasteiger partial charge in [0, 0.05) is 54.9 Å². The SMILES string of the molecule is Cc1c(CN2CCC3(CC2)CN(c2ncnc4ccc(CC(F)(F)F)cc24)C3)ccc2c1cc(C#N)n2CC1CN(C)C(=O)CO1. The minimum absolute atomic E-state index is 0.0336. The van der Waals surface area contributed by atoms with Gasteiger partial charge in [0.05, 0.1) is 24.6 Å². The Hall–Kier alpha value is -4.21. The molecule has 0 radical (unpaired) electrons. The van der Waals surface area contributed by atoms with Crippen LogP contribution in [0.25, 0.3) is 21.8 Å². The van der Waals surface area contributed by atoms with E-state index in [1.165, 1.54) is 23.5 Å². The fraction of sp³-hybridized carbons (Fsp3) is 0.471. The van der Waals surface area contributed by atoms with Crippen molar-refractivity contribution in [3.8, 4) is 6.07 Å². The number of piperidine rings is 1. The first-order valence-corrected chi connectivity index (χ1v) is 15.7. The molecule has 240 valence electrons. The number of alkyl halides is 3. The number of ether oxygens (including phenoxy) is 1. The van der Waals surface area contributed by atoms with Crippen LogP contribution in [0.2, 0.25) is 0 Å². The maximum absolute atomic E-state index is 13.0. The highest BCUT2D eigenvalue weighted by molar-refractivity contribution is 5.90. The molecule has 0 N–H and O–H groups in total. The Morgan fingerprint density at radius 2 is 1.87 bits per heavy atom. The summed E-state index contributed by atoms with van der Waals surface area (Å²) in [6.45, 7) is 7.59. The molecule has 4 aromatic rings. The van der Waals surface area contributed by atoms with E-state index in [9.17, 15) is 23.2 Å². The number of likely N-dealkylation sites (N-methyl/N-ethyl adjacent to an activating group) is 1. The molecule has 0 saturated carbocycles. The minimum atomic E-state index is -4.27. The summed E-state index contributed by atoms with van der Waals surface area (Å²) in [5, 5.41) is 11.6. The smallest absolute Gasteiger partial charge is 0.365 e. The summed E-state index contributed by atoms with van der Waals surface area (Å²) < 4.78 is 46.9. The van der Waals surface area contributed by atoms with Crippen molar-refractivity contribution in [2.75, 3.05) is 51.3 Å². The van der Waals surface area contributed by atoms with E-state index in [-0.39, 0.29) is 29.6 Å². The van der Waals surface area contributed by atoms with Crippen LogP contribution in [0.5, 0.6) is 0 Å². The van der Waals surface area contributed by atoms with Gasteiger partial charge < -0.3 is 19.1 Å². The van der Waals surface area contributed by atoms with Gasteiger partial charge in [-0.25, -0.2) is 9.97 Å². The van der Waals surface area contributed by atoms with E-state index in [0.29, 0.717) is 35.5 Å². The number of nitriles is 1. The second kappa shape index (κ2) is 11.5. The van der Waals surface area contributed by atoms with E-state index >= 15 is 0 Å². The first kappa shape index (κ1) is 30.4. The zero-order valence-corrected chi connectivity index (χ0v) is 26.0. The third-order valence-corrected chi connectivity index (χ3v) is 10.1. The third kappa shape index (κ3) is 5.78. The zero-order chi connectivity index (χ0) is 32.2. The number of morpholine rings is 1. The van der Waals surface area contributed by atoms with Crippen LogP contribution < -0.4 is 4.90 Å². The van der Waals surface area contributed by atoms with E-state index in [0.717, 1.165) is 56.5 Å². The molecule has 2 aromatic carbocycles. The van der Waals surface area contributed by atoms with Crippen molar-refractivity contribution < 1.29 is 22.7 Å². The molecule has 9 nitrogen and oxygen atoms in total. The van der Waals surface area contributed by atoms with Crippen LogP contribution in [-0.2, 0) is 29.0 Å². The van der Waals surface area contributed by atoms with Gasteiger partial charge in [-0.3, -0.25) is 9.69 Å². The van der Waals surface area contributed by atoms with Gasteiger partial charge in [-0.1, -0.05) is 12.1 Å². The Bertz CT molecular complexity index is 1850. The number of fused-ring (bicyclic) bond motifs is 2. The highest BCUT2D eigenvalue weighted by Gasteiger charge is 2.45. The molecular formula is C34H36F3N7O2. The van der Waals surface area contributed by atoms with Crippen LogP contribution in [0.15, 0.2) is 42.7 Å². The molecular weight excluding hydrogens is 595 g/mol. The number of hydrogen-bond acceptors (Lipinski definition) is 7. The summed E-state index contributed by atoms with van der Waals surface area (Å²) in [6, 6.07) is 13.3. The van der Waals surface area contributed by atoms with Gasteiger partial charge in [0.25, 0.3) is 0 Å². The predicted octanol–water partition coefficient (Wildman–Crippen LogP) is 4.83. The normalized spacial score (nSPS) is 20.4. The minimum Gasteiger partial charge on any atom is -0.365 e. The van der Waals surface area contributed by atoms with E-state index in [1.807, 2.05) is 10.6 Å².